The second kappa shape index (κ2) is 13.1. The van der Waals surface area contributed by atoms with Gasteiger partial charge in [-0.1, -0.05) is 53.5 Å². The Labute approximate surface area is 243 Å². The van der Waals surface area contributed by atoms with Gasteiger partial charge >= 0.3 is 0 Å². The molecule has 8 nitrogen and oxygen atoms in total. The number of aromatic nitrogens is 2. The summed E-state index contributed by atoms with van der Waals surface area (Å²) in [5, 5.41) is 7.53. The Balaban J connectivity index is 1.63. The summed E-state index contributed by atoms with van der Waals surface area (Å²) in [7, 11) is 0. The van der Waals surface area contributed by atoms with E-state index in [-0.39, 0.29) is 33.7 Å². The van der Waals surface area contributed by atoms with Crippen LogP contribution in [0.15, 0.2) is 69.0 Å². The molecule has 1 heterocycles. The molecule has 0 radical (unpaired) electrons. The van der Waals surface area contributed by atoms with E-state index in [9.17, 15) is 14.0 Å². The van der Waals surface area contributed by atoms with Crippen LogP contribution < -0.4 is 20.3 Å². The zero-order valence-electron chi connectivity index (χ0n) is 22.1. The van der Waals surface area contributed by atoms with Crippen molar-refractivity contribution in [2.75, 3.05) is 18.5 Å². The van der Waals surface area contributed by atoms with E-state index >= 15 is 0 Å². The van der Waals surface area contributed by atoms with Crippen LogP contribution in [0.4, 0.5) is 10.1 Å². The fraction of sp³-hybridized carbons (Fsp3) is 0.241. The number of anilines is 1. The molecule has 0 saturated carbocycles. The lowest BCUT2D eigenvalue weighted by Crippen LogP contribution is -2.23. The fourth-order valence-electron chi connectivity index (χ4n) is 3.86. The molecule has 4 rings (SSSR count). The van der Waals surface area contributed by atoms with Gasteiger partial charge in [-0.25, -0.2) is 9.37 Å². The summed E-state index contributed by atoms with van der Waals surface area (Å²) >= 11 is 9.92. The molecule has 0 aliphatic carbocycles. The van der Waals surface area contributed by atoms with Gasteiger partial charge in [0.05, 0.1) is 34.4 Å². The number of ether oxygens (including phenoxy) is 2. The lowest BCUT2D eigenvalue weighted by Gasteiger charge is -2.15. The Morgan fingerprint density at radius 2 is 1.98 bits per heavy atom. The highest BCUT2D eigenvalue weighted by Crippen LogP contribution is 2.36. The number of carbonyl (C=O) groups excluding carboxylic acids is 1. The van der Waals surface area contributed by atoms with Gasteiger partial charge in [0.15, 0.2) is 18.1 Å². The van der Waals surface area contributed by atoms with Crippen LogP contribution in [0, 0.1) is 5.82 Å². The normalized spacial score (nSPS) is 12.1. The quantitative estimate of drug-likeness (QED) is 0.196. The number of halogens is 3. The summed E-state index contributed by atoms with van der Waals surface area (Å²) in [5.41, 5.74) is 0.876. The highest BCUT2D eigenvalue weighted by atomic mass is 79.9. The van der Waals surface area contributed by atoms with Gasteiger partial charge in [-0.2, -0.15) is 9.78 Å². The maximum Gasteiger partial charge on any atom is 0.282 e. The van der Waals surface area contributed by atoms with Gasteiger partial charge < -0.3 is 14.8 Å². The zero-order chi connectivity index (χ0) is 28.8. The first-order valence-corrected chi connectivity index (χ1v) is 13.8. The summed E-state index contributed by atoms with van der Waals surface area (Å²) in [4.78, 5) is 30.5. The number of fused-ring (bicyclic) bond motifs is 1. The fourth-order valence-corrected chi connectivity index (χ4v) is 4.49. The minimum Gasteiger partial charge on any atom is -0.490 e. The highest BCUT2D eigenvalue weighted by molar-refractivity contribution is 9.10. The molecule has 1 atom stereocenters. The Morgan fingerprint density at radius 3 is 2.70 bits per heavy atom. The third-order valence-corrected chi connectivity index (χ3v) is 6.81. The molecule has 0 bridgehead atoms. The molecular weight excluding hydrogens is 603 g/mol. The number of para-hydroxylation sites is 1. The van der Waals surface area contributed by atoms with Crippen molar-refractivity contribution in [1.82, 2.24) is 9.66 Å². The Kier molecular flexibility index (Phi) is 9.54. The van der Waals surface area contributed by atoms with Crippen LogP contribution in [0.25, 0.3) is 10.9 Å². The van der Waals surface area contributed by atoms with Crippen LogP contribution in [0.5, 0.6) is 11.5 Å². The Morgan fingerprint density at radius 1 is 1.20 bits per heavy atom. The molecule has 3 aromatic carbocycles. The number of hydrogen-bond donors (Lipinski definition) is 1. The topological polar surface area (TPSA) is 94.8 Å². The van der Waals surface area contributed by atoms with Crippen molar-refractivity contribution >= 4 is 56.2 Å². The molecule has 0 spiro atoms. The maximum absolute atomic E-state index is 13.9. The Bertz CT molecular complexity index is 1640. The van der Waals surface area contributed by atoms with E-state index in [0.29, 0.717) is 28.9 Å². The first-order chi connectivity index (χ1) is 19.2. The molecule has 0 aliphatic rings. The maximum atomic E-state index is 13.9. The lowest BCUT2D eigenvalue weighted by molar-refractivity contribution is -0.118. The number of hydrogen-bond acceptors (Lipinski definition) is 6. The van der Waals surface area contributed by atoms with Crippen LogP contribution in [0.3, 0.4) is 0 Å². The molecule has 1 amide bonds. The molecule has 1 aromatic heterocycles. The van der Waals surface area contributed by atoms with E-state index in [1.54, 1.807) is 37.3 Å². The number of nitrogens with one attached hydrogen (secondary N) is 1. The van der Waals surface area contributed by atoms with Gasteiger partial charge in [0.2, 0.25) is 0 Å². The number of carbonyl (C=O) groups is 1. The molecule has 208 valence electrons. The van der Waals surface area contributed by atoms with E-state index < -0.39 is 18.3 Å². The van der Waals surface area contributed by atoms with Gasteiger partial charge in [-0.05, 0) is 61.4 Å². The third kappa shape index (κ3) is 6.68. The molecule has 0 unspecified atom stereocenters. The first kappa shape index (κ1) is 29.2. The second-order valence-corrected chi connectivity index (χ2v) is 10.2. The van der Waals surface area contributed by atoms with E-state index in [1.165, 1.54) is 29.1 Å². The average Bonchev–Trinajstić information content (AvgIpc) is 2.93. The minimum absolute atomic E-state index is 0.0215. The number of benzene rings is 3. The van der Waals surface area contributed by atoms with E-state index in [1.807, 2.05) is 19.9 Å². The van der Waals surface area contributed by atoms with Crippen molar-refractivity contribution < 1.29 is 18.7 Å². The predicted octanol–water partition coefficient (Wildman–Crippen LogP) is 6.76. The summed E-state index contributed by atoms with van der Waals surface area (Å²) in [6, 6.07) is 14.4. The first-order valence-electron chi connectivity index (χ1n) is 12.6. The van der Waals surface area contributed by atoms with Crippen molar-refractivity contribution in [1.29, 1.82) is 0 Å². The summed E-state index contributed by atoms with van der Waals surface area (Å²) < 4.78 is 27.3. The molecule has 1 N–H and O–H groups in total. The van der Waals surface area contributed by atoms with Crippen LogP contribution in [0.2, 0.25) is 5.02 Å². The standard InChI is InChI=1S/C29H27BrClFN4O4/c1-4-17(3)28-35-23-11-10-19(30)14-20(23)29(38)36(28)33-15-18-12-21(31)27(25(13-18)39-5-2)40-16-26(37)34-24-9-7-6-8-22(24)32/h6-15,17H,4-5,16H2,1-3H3,(H,34,37)/t17-/m0/s1. The van der Waals surface area contributed by atoms with Crippen molar-refractivity contribution in [3.63, 3.8) is 0 Å². The number of nitrogens with zero attached hydrogens (tertiary/aromatic N) is 3. The van der Waals surface area contributed by atoms with E-state index in [0.717, 1.165) is 10.9 Å². The van der Waals surface area contributed by atoms with Crippen LogP contribution >= 0.6 is 27.5 Å². The summed E-state index contributed by atoms with van der Waals surface area (Å²) in [6.07, 6.45) is 2.25. The second-order valence-electron chi connectivity index (χ2n) is 8.88. The van der Waals surface area contributed by atoms with E-state index in [4.69, 9.17) is 26.1 Å². The van der Waals surface area contributed by atoms with E-state index in [2.05, 4.69) is 26.3 Å². The molecular formula is C29H27BrClFN4O4. The molecule has 4 aromatic rings. The van der Waals surface area contributed by atoms with Gasteiger partial charge in [-0.15, -0.1) is 0 Å². The van der Waals surface area contributed by atoms with Crippen LogP contribution in [0.1, 0.15) is 44.5 Å². The summed E-state index contributed by atoms with van der Waals surface area (Å²) in [5.74, 6) is -0.175. The zero-order valence-corrected chi connectivity index (χ0v) is 24.4. The minimum atomic E-state index is -0.568. The SMILES string of the molecule is CCOc1cc(C=Nn2c([C@@H](C)CC)nc3ccc(Br)cc3c2=O)cc(Cl)c1OCC(=O)Nc1ccccc1F. The van der Waals surface area contributed by atoms with Gasteiger partial charge in [-0.3, -0.25) is 9.59 Å². The van der Waals surface area contributed by atoms with Crippen molar-refractivity contribution in [2.24, 2.45) is 5.10 Å². The molecule has 0 aliphatic heterocycles. The van der Waals surface area contributed by atoms with Crippen molar-refractivity contribution in [2.45, 2.75) is 33.1 Å². The average molecular weight is 630 g/mol. The largest absolute Gasteiger partial charge is 0.490 e. The lowest BCUT2D eigenvalue weighted by atomic mass is 10.1. The van der Waals surface area contributed by atoms with Crippen LogP contribution in [-0.4, -0.2) is 35.0 Å². The predicted molar refractivity (Wildman–Crippen MR) is 159 cm³/mol. The molecule has 0 fully saturated rings. The van der Waals surface area contributed by atoms with Gasteiger partial charge in [0.1, 0.15) is 11.6 Å². The molecule has 11 heteroatoms. The summed E-state index contributed by atoms with van der Waals surface area (Å²) in [6.45, 7) is 5.67. The monoisotopic (exact) mass is 628 g/mol. The Hall–Kier alpha value is -3.76. The van der Waals surface area contributed by atoms with Gasteiger partial charge in [0, 0.05) is 10.4 Å². The third-order valence-electron chi connectivity index (χ3n) is 6.04. The number of amides is 1. The molecule has 0 saturated heterocycles. The molecule has 40 heavy (non-hydrogen) atoms. The smallest absolute Gasteiger partial charge is 0.282 e. The highest BCUT2D eigenvalue weighted by Gasteiger charge is 2.17. The van der Waals surface area contributed by atoms with Crippen molar-refractivity contribution in [3.8, 4) is 11.5 Å². The number of rotatable bonds is 10. The van der Waals surface area contributed by atoms with Crippen molar-refractivity contribution in [3.05, 3.63) is 91.7 Å². The van der Waals surface area contributed by atoms with Crippen LogP contribution in [-0.2, 0) is 4.79 Å². The van der Waals surface area contributed by atoms with Gasteiger partial charge in [0.25, 0.3) is 11.5 Å².